The van der Waals surface area contributed by atoms with Gasteiger partial charge in [0, 0.05) is 5.92 Å². The number of thiazole rings is 1. The normalized spacial score (nSPS) is 17.1. The van der Waals surface area contributed by atoms with Crippen molar-refractivity contribution < 1.29 is 9.90 Å². The van der Waals surface area contributed by atoms with Crippen LogP contribution in [0.5, 0.6) is 0 Å². The summed E-state index contributed by atoms with van der Waals surface area (Å²) >= 11 is 7.40. The van der Waals surface area contributed by atoms with Crippen LogP contribution in [-0.2, 0) is 11.2 Å². The van der Waals surface area contributed by atoms with Crippen molar-refractivity contribution in [3.63, 3.8) is 0 Å². The number of hydrogen-bond acceptors (Lipinski definition) is 3. The van der Waals surface area contributed by atoms with Crippen LogP contribution in [0, 0.1) is 0 Å². The fraction of sp³-hybridized carbons (Fsp3) is 0.600. The maximum Gasteiger partial charge on any atom is 0.309 e. The van der Waals surface area contributed by atoms with Gasteiger partial charge in [-0.3, -0.25) is 4.79 Å². The molecule has 1 aromatic heterocycles. The molecule has 0 spiro atoms. The molecule has 1 heterocycles. The van der Waals surface area contributed by atoms with Crippen LogP contribution in [0.1, 0.15) is 42.3 Å². The highest BCUT2D eigenvalue weighted by Gasteiger charge is 2.22. The van der Waals surface area contributed by atoms with Gasteiger partial charge in [-0.2, -0.15) is 0 Å². The fourth-order valence-corrected chi connectivity index (χ4v) is 3.27. The zero-order chi connectivity index (χ0) is 10.8. The van der Waals surface area contributed by atoms with E-state index < -0.39 is 5.97 Å². The van der Waals surface area contributed by atoms with E-state index in [-0.39, 0.29) is 6.42 Å². The summed E-state index contributed by atoms with van der Waals surface area (Å²) in [5.74, 6) is -0.366. The Hall–Kier alpha value is -0.610. The molecule has 1 aliphatic rings. The Morgan fingerprint density at radius 2 is 2.20 bits per heavy atom. The lowest BCUT2D eigenvalue weighted by Crippen LogP contribution is -2.01. The Labute approximate surface area is 97.1 Å². The smallest absolute Gasteiger partial charge is 0.309 e. The van der Waals surface area contributed by atoms with Gasteiger partial charge in [0.05, 0.1) is 17.1 Å². The van der Waals surface area contributed by atoms with Crippen LogP contribution in [-0.4, -0.2) is 16.1 Å². The van der Waals surface area contributed by atoms with Crippen LogP contribution in [0.25, 0.3) is 0 Å². The molecule has 0 atom stereocenters. The van der Waals surface area contributed by atoms with Gasteiger partial charge in [-0.25, -0.2) is 4.98 Å². The molecule has 1 aliphatic carbocycles. The van der Waals surface area contributed by atoms with Crippen LogP contribution in [0.2, 0.25) is 4.34 Å². The van der Waals surface area contributed by atoms with Crippen molar-refractivity contribution in [1.82, 2.24) is 4.98 Å². The largest absolute Gasteiger partial charge is 0.481 e. The van der Waals surface area contributed by atoms with E-state index in [2.05, 4.69) is 4.98 Å². The molecule has 15 heavy (non-hydrogen) atoms. The van der Waals surface area contributed by atoms with E-state index in [9.17, 15) is 4.79 Å². The zero-order valence-corrected chi connectivity index (χ0v) is 9.77. The lowest BCUT2D eigenvalue weighted by atomic mass is 10.1. The van der Waals surface area contributed by atoms with Crippen molar-refractivity contribution in [2.24, 2.45) is 0 Å². The van der Waals surface area contributed by atoms with Gasteiger partial charge in [-0.05, 0) is 12.8 Å². The number of aromatic nitrogens is 1. The van der Waals surface area contributed by atoms with Gasteiger partial charge in [0.15, 0.2) is 0 Å². The second-order valence-electron chi connectivity index (χ2n) is 3.82. The molecular weight excluding hydrogens is 234 g/mol. The summed E-state index contributed by atoms with van der Waals surface area (Å²) < 4.78 is 0.541. The van der Waals surface area contributed by atoms with Gasteiger partial charge in [0.1, 0.15) is 4.34 Å². The Kier molecular flexibility index (Phi) is 3.26. The molecule has 5 heteroatoms. The Balaban J connectivity index is 2.16. The van der Waals surface area contributed by atoms with E-state index in [0.29, 0.717) is 15.9 Å². The average molecular weight is 246 g/mol. The number of hydrogen-bond donors (Lipinski definition) is 1. The van der Waals surface area contributed by atoms with E-state index in [1.54, 1.807) is 0 Å². The van der Waals surface area contributed by atoms with Gasteiger partial charge >= 0.3 is 5.97 Å². The van der Waals surface area contributed by atoms with Gasteiger partial charge in [-0.15, -0.1) is 11.3 Å². The van der Waals surface area contributed by atoms with Crippen LogP contribution in [0.15, 0.2) is 0 Å². The quantitative estimate of drug-likeness (QED) is 0.890. The summed E-state index contributed by atoms with van der Waals surface area (Å²) in [6.07, 6.45) is 4.75. The van der Waals surface area contributed by atoms with Gasteiger partial charge < -0.3 is 5.11 Å². The monoisotopic (exact) mass is 245 g/mol. The number of nitrogens with zero attached hydrogens (tertiary/aromatic N) is 1. The first kappa shape index (κ1) is 10.9. The van der Waals surface area contributed by atoms with Crippen LogP contribution in [0.4, 0.5) is 0 Å². The minimum Gasteiger partial charge on any atom is -0.481 e. The first-order chi connectivity index (χ1) is 7.16. The molecule has 3 nitrogen and oxygen atoms in total. The van der Waals surface area contributed by atoms with Gasteiger partial charge in [-0.1, -0.05) is 24.4 Å². The van der Waals surface area contributed by atoms with Crippen LogP contribution >= 0.6 is 22.9 Å². The van der Waals surface area contributed by atoms with Gasteiger partial charge in [0.25, 0.3) is 0 Å². The van der Waals surface area contributed by atoms with Crippen molar-refractivity contribution in [3.05, 3.63) is 15.0 Å². The molecule has 1 N–H and O–H groups in total. The molecule has 0 aromatic carbocycles. The third-order valence-electron chi connectivity index (χ3n) is 2.69. The van der Waals surface area contributed by atoms with E-state index in [0.717, 1.165) is 17.8 Å². The van der Waals surface area contributed by atoms with E-state index in [1.165, 1.54) is 24.2 Å². The van der Waals surface area contributed by atoms with E-state index >= 15 is 0 Å². The molecule has 2 rings (SSSR count). The minimum absolute atomic E-state index is 0.0674. The fourth-order valence-electron chi connectivity index (χ4n) is 1.95. The molecule has 0 radical (unpaired) electrons. The van der Waals surface area contributed by atoms with Crippen molar-refractivity contribution >= 4 is 28.9 Å². The summed E-state index contributed by atoms with van der Waals surface area (Å²) in [5, 5.41) is 9.69. The molecular formula is C10H12ClNO2S. The maximum atomic E-state index is 10.6. The lowest BCUT2D eigenvalue weighted by Gasteiger charge is -2.02. The highest BCUT2D eigenvalue weighted by atomic mass is 35.5. The molecule has 0 aliphatic heterocycles. The number of halogens is 1. The highest BCUT2D eigenvalue weighted by molar-refractivity contribution is 7.16. The topological polar surface area (TPSA) is 50.2 Å². The third kappa shape index (κ3) is 2.49. The van der Waals surface area contributed by atoms with Crippen molar-refractivity contribution in [2.45, 2.75) is 38.0 Å². The summed E-state index contributed by atoms with van der Waals surface area (Å²) in [6, 6.07) is 0. The Morgan fingerprint density at radius 3 is 2.80 bits per heavy atom. The number of carbonyl (C=O) groups is 1. The van der Waals surface area contributed by atoms with E-state index in [4.69, 9.17) is 16.7 Å². The molecule has 0 unspecified atom stereocenters. The SMILES string of the molecule is O=C(O)Cc1nc(C2CCCC2)sc1Cl. The number of aliphatic carboxylic acids is 1. The van der Waals surface area contributed by atoms with Crippen molar-refractivity contribution in [1.29, 1.82) is 0 Å². The molecule has 1 fully saturated rings. The summed E-state index contributed by atoms with van der Waals surface area (Å²) in [6.45, 7) is 0. The summed E-state index contributed by atoms with van der Waals surface area (Å²) in [7, 11) is 0. The average Bonchev–Trinajstić information content (AvgIpc) is 2.75. The predicted molar refractivity (Wildman–Crippen MR) is 59.7 cm³/mol. The third-order valence-corrected chi connectivity index (χ3v) is 4.19. The lowest BCUT2D eigenvalue weighted by molar-refractivity contribution is -0.136. The van der Waals surface area contributed by atoms with Crippen molar-refractivity contribution in [2.75, 3.05) is 0 Å². The highest BCUT2D eigenvalue weighted by Crippen LogP contribution is 2.38. The number of carboxylic acid groups (broad SMARTS) is 1. The minimum atomic E-state index is -0.875. The van der Waals surface area contributed by atoms with Crippen molar-refractivity contribution in [3.8, 4) is 0 Å². The first-order valence-electron chi connectivity index (χ1n) is 5.03. The second-order valence-corrected chi connectivity index (χ2v) is 5.46. The molecule has 82 valence electrons. The maximum absolute atomic E-state index is 10.6. The van der Waals surface area contributed by atoms with Gasteiger partial charge in [0.2, 0.25) is 0 Å². The zero-order valence-electron chi connectivity index (χ0n) is 8.20. The Morgan fingerprint density at radius 1 is 1.53 bits per heavy atom. The Bertz CT molecular complexity index is 371. The molecule has 0 amide bonds. The first-order valence-corrected chi connectivity index (χ1v) is 6.23. The standard InChI is InChI=1S/C10H12ClNO2S/c11-9-7(5-8(13)14)12-10(15-9)6-3-1-2-4-6/h6H,1-5H2,(H,13,14). The van der Waals surface area contributed by atoms with Crippen LogP contribution < -0.4 is 0 Å². The van der Waals surface area contributed by atoms with E-state index in [1.807, 2.05) is 0 Å². The summed E-state index contributed by atoms with van der Waals surface area (Å²) in [5.41, 5.74) is 0.524. The molecule has 0 saturated heterocycles. The molecule has 0 bridgehead atoms. The predicted octanol–water partition coefficient (Wildman–Crippen LogP) is 3.08. The summed E-state index contributed by atoms with van der Waals surface area (Å²) in [4.78, 5) is 14.9. The number of carboxylic acids is 1. The molecule has 1 aromatic rings. The molecule has 1 saturated carbocycles. The number of rotatable bonds is 3. The van der Waals surface area contributed by atoms with Crippen LogP contribution in [0.3, 0.4) is 0 Å². The second kappa shape index (κ2) is 4.49.